The summed E-state index contributed by atoms with van der Waals surface area (Å²) in [5, 5.41) is 18.7. The first-order chi connectivity index (χ1) is 16.0. The van der Waals surface area contributed by atoms with Crippen LogP contribution in [0.15, 0.2) is 72.5 Å². The van der Waals surface area contributed by atoms with Crippen molar-refractivity contribution in [3.63, 3.8) is 0 Å². The molecule has 10 nitrogen and oxygen atoms in total. The van der Waals surface area contributed by atoms with E-state index in [0.29, 0.717) is 5.70 Å². The maximum absolute atomic E-state index is 12.8. The van der Waals surface area contributed by atoms with Crippen LogP contribution in [0.5, 0.6) is 0 Å². The zero-order valence-electron chi connectivity index (χ0n) is 20.3. The predicted molar refractivity (Wildman–Crippen MR) is 146 cm³/mol. The molecule has 0 aromatic heterocycles. The van der Waals surface area contributed by atoms with Crippen LogP contribution < -0.4 is 11.5 Å². The monoisotopic (exact) mass is 509 g/mol. The number of rotatable bonds is 12. The third kappa shape index (κ3) is 10.3. The van der Waals surface area contributed by atoms with Gasteiger partial charge in [0.2, 0.25) is 0 Å². The highest BCUT2D eigenvalue weighted by Gasteiger charge is 2.26. The molecule has 0 spiro atoms. The number of allylic oxidation sites excluding steroid dienone is 5. The number of nitrogens with two attached hydrogens (primary N) is 2. The molecule has 0 amide bonds. The average Bonchev–Trinajstić information content (AvgIpc) is 2.78. The fourth-order valence-corrected chi connectivity index (χ4v) is 5.05. The summed E-state index contributed by atoms with van der Waals surface area (Å²) in [5.74, 6) is -0.506. The van der Waals surface area contributed by atoms with Crippen LogP contribution in [0, 0.1) is 5.41 Å². The van der Waals surface area contributed by atoms with Crippen molar-refractivity contribution in [2.75, 3.05) is 19.6 Å². The Morgan fingerprint density at radius 3 is 2.29 bits per heavy atom. The van der Waals surface area contributed by atoms with E-state index in [9.17, 15) is 13.5 Å². The molecule has 0 heterocycles. The fourth-order valence-electron chi connectivity index (χ4n) is 2.32. The van der Waals surface area contributed by atoms with E-state index in [1.54, 1.807) is 26.8 Å². The Kier molecular flexibility index (Phi) is 14.4. The third-order valence-corrected chi connectivity index (χ3v) is 7.85. The largest absolute Gasteiger partial charge is 0.511 e. The molecule has 0 saturated heterocycles. The van der Waals surface area contributed by atoms with E-state index in [0.717, 1.165) is 23.5 Å². The number of sulfonamides is 1. The lowest BCUT2D eigenvalue weighted by atomic mass is 10.2. The molecule has 6 N–H and O–H groups in total. The van der Waals surface area contributed by atoms with Crippen molar-refractivity contribution in [1.29, 1.82) is 5.41 Å². The van der Waals surface area contributed by atoms with E-state index in [-0.39, 0.29) is 47.1 Å². The van der Waals surface area contributed by atoms with Crippen LogP contribution in [0.25, 0.3) is 0 Å². The van der Waals surface area contributed by atoms with Gasteiger partial charge in [-0.1, -0.05) is 56.5 Å². The summed E-state index contributed by atoms with van der Waals surface area (Å²) in [5.41, 5.74) is 12.9. The topological polar surface area (TPSA) is 171 Å². The number of thioether (sulfide) groups is 1. The van der Waals surface area contributed by atoms with Crippen LogP contribution in [-0.4, -0.2) is 61.2 Å². The normalized spacial score (nSPS) is 15.6. The molecule has 0 atom stereocenters. The van der Waals surface area contributed by atoms with Crippen molar-refractivity contribution in [1.82, 2.24) is 4.31 Å². The second-order valence-electron chi connectivity index (χ2n) is 6.63. The molecule has 0 fully saturated rings. The molecule has 188 valence electrons. The summed E-state index contributed by atoms with van der Waals surface area (Å²) in [6.07, 6.45) is 8.02. The summed E-state index contributed by atoms with van der Waals surface area (Å²) in [6.45, 7) is 12.7. The molecule has 0 aliphatic carbocycles. The smallest absolute Gasteiger partial charge is 0.252 e. The van der Waals surface area contributed by atoms with E-state index in [1.165, 1.54) is 16.6 Å². The van der Waals surface area contributed by atoms with Crippen LogP contribution in [0.1, 0.15) is 34.6 Å². The van der Waals surface area contributed by atoms with Gasteiger partial charge in [-0.2, -0.15) is 4.31 Å². The van der Waals surface area contributed by atoms with E-state index >= 15 is 0 Å². The number of nitrogens with zero attached hydrogens (tertiary/aromatic N) is 4. The van der Waals surface area contributed by atoms with Gasteiger partial charge in [0.15, 0.2) is 15.9 Å². The highest BCUT2D eigenvalue weighted by molar-refractivity contribution is 8.19. The zero-order valence-corrected chi connectivity index (χ0v) is 21.9. The van der Waals surface area contributed by atoms with Crippen LogP contribution in [0.2, 0.25) is 0 Å². The average molecular weight is 510 g/mol. The van der Waals surface area contributed by atoms with Crippen molar-refractivity contribution < 1.29 is 13.5 Å². The highest BCUT2D eigenvalue weighted by atomic mass is 32.3. The Labute approximate surface area is 206 Å². The first-order valence-corrected chi connectivity index (χ1v) is 12.7. The second kappa shape index (κ2) is 15.8. The first kappa shape index (κ1) is 31.0. The molecule has 0 rings (SSSR count). The van der Waals surface area contributed by atoms with Crippen LogP contribution in [-0.2, 0) is 10.0 Å². The van der Waals surface area contributed by atoms with Gasteiger partial charge >= 0.3 is 0 Å². The Bertz CT molecular complexity index is 1040. The Morgan fingerprint density at radius 1 is 1.21 bits per heavy atom. The number of hydrogen-bond acceptors (Lipinski definition) is 7. The molecule has 0 aromatic rings. The lowest BCUT2D eigenvalue weighted by Crippen LogP contribution is -2.31. The van der Waals surface area contributed by atoms with Gasteiger partial charge in [-0.25, -0.2) is 18.4 Å². The van der Waals surface area contributed by atoms with Gasteiger partial charge in [0, 0.05) is 18.8 Å². The molecule has 34 heavy (non-hydrogen) atoms. The molecule has 12 heteroatoms. The van der Waals surface area contributed by atoms with Gasteiger partial charge in [-0.05, 0) is 31.8 Å². The SMILES string of the molecule is C=C/C(=C\C=C/C)CN=C(N=C(N)C=N)C(N)=N/C(C)=C/S/C(=C(\C)O)S(=O)(=O)N(CC)CC. The fraction of sp³-hybridized carbons (Fsp3) is 0.364. The van der Waals surface area contributed by atoms with Crippen molar-refractivity contribution in [2.24, 2.45) is 26.4 Å². The lowest BCUT2D eigenvalue weighted by Gasteiger charge is -2.19. The van der Waals surface area contributed by atoms with Crippen molar-refractivity contribution in [3.8, 4) is 0 Å². The number of aliphatic hydroxyl groups excluding tert-OH is 1. The van der Waals surface area contributed by atoms with E-state index in [4.69, 9.17) is 16.9 Å². The van der Waals surface area contributed by atoms with Crippen molar-refractivity contribution >= 4 is 45.5 Å². The highest BCUT2D eigenvalue weighted by Crippen LogP contribution is 2.29. The van der Waals surface area contributed by atoms with Crippen LogP contribution in [0.4, 0.5) is 0 Å². The molecule has 0 radical (unpaired) electrons. The van der Waals surface area contributed by atoms with Gasteiger partial charge < -0.3 is 22.0 Å². The molecule has 0 aliphatic rings. The second-order valence-corrected chi connectivity index (χ2v) is 9.64. The molecular weight excluding hydrogens is 474 g/mol. The van der Waals surface area contributed by atoms with Gasteiger partial charge in [0.25, 0.3) is 10.0 Å². The number of aliphatic hydroxyl groups is 1. The summed E-state index contributed by atoms with van der Waals surface area (Å²) in [7, 11) is -3.86. The minimum atomic E-state index is -3.86. The van der Waals surface area contributed by atoms with Crippen molar-refractivity contribution in [3.05, 3.63) is 57.6 Å². The van der Waals surface area contributed by atoms with E-state index < -0.39 is 10.0 Å². The maximum atomic E-state index is 12.8. The molecule has 0 aromatic carbocycles. The predicted octanol–water partition coefficient (Wildman–Crippen LogP) is 3.45. The van der Waals surface area contributed by atoms with Gasteiger partial charge in [-0.15, -0.1) is 0 Å². The molecular formula is C22H35N7O3S2. The van der Waals surface area contributed by atoms with Crippen LogP contribution >= 0.6 is 11.8 Å². The van der Waals surface area contributed by atoms with E-state index in [2.05, 4.69) is 21.6 Å². The summed E-state index contributed by atoms with van der Waals surface area (Å²) >= 11 is 0.816. The minimum absolute atomic E-state index is 0.0110. The Hall–Kier alpha value is -2.96. The number of nitrogens with one attached hydrogen (secondary N) is 1. The van der Waals surface area contributed by atoms with Gasteiger partial charge in [0.05, 0.1) is 12.8 Å². The third-order valence-electron chi connectivity index (χ3n) is 4.00. The minimum Gasteiger partial charge on any atom is -0.511 e. The standard InChI is InChI=1S/C22H35N7O3S2/c1-7-11-12-18(8-2)14-26-21(28-19(24)13-23)20(25)27-16(5)15-33-22(17(6)30)34(31,32)29(9-3)10-4/h7-8,11-13,15,23,30H,2,9-10,14H2,1,3-6H3,(H2,25,27)(H2,24,26,28)/b11-7-,16-15+,18-12+,22-17-,23-13?. The van der Waals surface area contributed by atoms with Gasteiger partial charge in [-0.3, -0.25) is 4.99 Å². The molecule has 0 aliphatic heterocycles. The van der Waals surface area contributed by atoms with Gasteiger partial charge in [0.1, 0.15) is 11.6 Å². The Balaban J connectivity index is 6.11. The first-order valence-electron chi connectivity index (χ1n) is 10.4. The quantitative estimate of drug-likeness (QED) is 0.136. The molecule has 0 bridgehead atoms. The molecule has 0 unspecified atom stereocenters. The summed E-state index contributed by atoms with van der Waals surface area (Å²) < 4.78 is 26.6. The molecule has 0 saturated carbocycles. The zero-order chi connectivity index (χ0) is 26.3. The van der Waals surface area contributed by atoms with E-state index in [1.807, 2.05) is 25.2 Å². The number of amidine groups is 3. The van der Waals surface area contributed by atoms with Crippen LogP contribution in [0.3, 0.4) is 0 Å². The van der Waals surface area contributed by atoms with Crippen molar-refractivity contribution in [2.45, 2.75) is 34.6 Å². The summed E-state index contributed by atoms with van der Waals surface area (Å²) in [4.78, 5) is 12.6. The summed E-state index contributed by atoms with van der Waals surface area (Å²) in [6, 6.07) is 0. The Morgan fingerprint density at radius 2 is 1.82 bits per heavy atom. The maximum Gasteiger partial charge on any atom is 0.252 e. The number of hydrogen-bond donors (Lipinski definition) is 4. The lowest BCUT2D eigenvalue weighted by molar-refractivity contribution is 0.410. The number of aliphatic imine (C=N–C) groups is 3.